The van der Waals surface area contributed by atoms with E-state index in [9.17, 15) is 0 Å². The highest BCUT2D eigenvalue weighted by Gasteiger charge is 2.25. The van der Waals surface area contributed by atoms with Crippen LogP contribution in [0.5, 0.6) is 0 Å². The molecule has 0 aliphatic carbocycles. The Morgan fingerprint density at radius 2 is 1.95 bits per heavy atom. The summed E-state index contributed by atoms with van der Waals surface area (Å²) in [4.78, 5) is 2.55. The van der Waals surface area contributed by atoms with Gasteiger partial charge in [0, 0.05) is 18.8 Å². The molecular weight excluding hydrogens is 236 g/mol. The first kappa shape index (κ1) is 14.4. The van der Waals surface area contributed by atoms with Crippen LogP contribution in [-0.2, 0) is 17.6 Å². The molecule has 0 radical (unpaired) electrons. The highest BCUT2D eigenvalue weighted by Crippen LogP contribution is 2.29. The number of para-hydroxylation sites is 1. The normalized spacial score (nSPS) is 19.7. The second kappa shape index (κ2) is 6.92. The Kier molecular flexibility index (Phi) is 5.23. The number of ether oxygens (including phenoxy) is 1. The number of hydrogen-bond acceptors (Lipinski definition) is 3. The van der Waals surface area contributed by atoms with Gasteiger partial charge in [-0.2, -0.15) is 0 Å². The van der Waals surface area contributed by atoms with E-state index in [-0.39, 0.29) is 0 Å². The minimum Gasteiger partial charge on any atom is -0.377 e. The number of nitrogens with zero attached hydrogens (tertiary/aromatic N) is 1. The first-order valence-corrected chi connectivity index (χ1v) is 7.41. The number of likely N-dealkylation sites (N-methyl/N-ethyl adjacent to an activating group) is 1. The Morgan fingerprint density at radius 1 is 1.26 bits per heavy atom. The summed E-state index contributed by atoms with van der Waals surface area (Å²) in [6.07, 6.45) is 2.18. The van der Waals surface area contributed by atoms with E-state index < -0.39 is 0 Å². The van der Waals surface area contributed by atoms with Crippen LogP contribution in [0.25, 0.3) is 0 Å². The van der Waals surface area contributed by atoms with Crippen LogP contribution in [0.15, 0.2) is 18.2 Å². The summed E-state index contributed by atoms with van der Waals surface area (Å²) in [6.45, 7) is 8.11. The van der Waals surface area contributed by atoms with Crippen molar-refractivity contribution in [3.8, 4) is 0 Å². The monoisotopic (exact) mass is 262 g/mol. The highest BCUT2D eigenvalue weighted by atomic mass is 16.5. The van der Waals surface area contributed by atoms with Gasteiger partial charge in [-0.3, -0.25) is 0 Å². The number of nitrogens with one attached hydrogen (secondary N) is 1. The SMILES string of the molecule is CCc1cccc(CC)c1N1CCOCC1CNC. The molecule has 2 rings (SSSR count). The van der Waals surface area contributed by atoms with Gasteiger partial charge in [-0.05, 0) is 31.0 Å². The van der Waals surface area contributed by atoms with E-state index >= 15 is 0 Å². The van der Waals surface area contributed by atoms with Crippen LogP contribution in [-0.4, -0.2) is 39.4 Å². The van der Waals surface area contributed by atoms with Gasteiger partial charge in [0.15, 0.2) is 0 Å². The van der Waals surface area contributed by atoms with E-state index in [0.717, 1.165) is 39.1 Å². The first-order chi connectivity index (χ1) is 9.31. The molecule has 1 saturated heterocycles. The van der Waals surface area contributed by atoms with Crippen molar-refractivity contribution in [2.75, 3.05) is 38.3 Å². The summed E-state index contributed by atoms with van der Waals surface area (Å²) < 4.78 is 5.65. The van der Waals surface area contributed by atoms with Crippen molar-refractivity contribution in [1.82, 2.24) is 5.32 Å². The second-order valence-electron chi connectivity index (χ2n) is 5.11. The second-order valence-corrected chi connectivity index (χ2v) is 5.11. The van der Waals surface area contributed by atoms with Gasteiger partial charge in [-0.25, -0.2) is 0 Å². The Balaban J connectivity index is 2.36. The number of rotatable bonds is 5. The summed E-state index contributed by atoms with van der Waals surface area (Å²) in [6, 6.07) is 7.16. The van der Waals surface area contributed by atoms with Crippen LogP contribution in [0, 0.1) is 0 Å². The van der Waals surface area contributed by atoms with Crippen molar-refractivity contribution in [3.05, 3.63) is 29.3 Å². The molecule has 19 heavy (non-hydrogen) atoms. The average Bonchev–Trinajstić information content (AvgIpc) is 2.47. The Hall–Kier alpha value is -1.06. The minimum absolute atomic E-state index is 0.441. The molecule has 1 unspecified atom stereocenters. The Labute approximate surface area is 116 Å². The van der Waals surface area contributed by atoms with Gasteiger partial charge in [0.2, 0.25) is 0 Å². The molecule has 3 nitrogen and oxygen atoms in total. The average molecular weight is 262 g/mol. The maximum absolute atomic E-state index is 5.65. The molecule has 1 aliphatic heterocycles. The van der Waals surface area contributed by atoms with Crippen molar-refractivity contribution in [2.45, 2.75) is 32.7 Å². The van der Waals surface area contributed by atoms with Crippen LogP contribution >= 0.6 is 0 Å². The Bertz CT molecular complexity index is 381. The van der Waals surface area contributed by atoms with E-state index in [2.05, 4.69) is 42.3 Å². The van der Waals surface area contributed by atoms with Gasteiger partial charge >= 0.3 is 0 Å². The number of hydrogen-bond donors (Lipinski definition) is 1. The maximum Gasteiger partial charge on any atom is 0.0683 e. The van der Waals surface area contributed by atoms with E-state index in [4.69, 9.17) is 4.74 Å². The highest BCUT2D eigenvalue weighted by molar-refractivity contribution is 5.61. The van der Waals surface area contributed by atoms with Gasteiger partial charge in [0.25, 0.3) is 0 Å². The molecule has 1 N–H and O–H groups in total. The summed E-state index contributed by atoms with van der Waals surface area (Å²) >= 11 is 0. The van der Waals surface area contributed by atoms with Crippen LogP contribution < -0.4 is 10.2 Å². The van der Waals surface area contributed by atoms with Crippen LogP contribution in [0.2, 0.25) is 0 Å². The summed E-state index contributed by atoms with van der Waals surface area (Å²) in [7, 11) is 2.01. The lowest BCUT2D eigenvalue weighted by molar-refractivity contribution is 0.0942. The van der Waals surface area contributed by atoms with Gasteiger partial charge < -0.3 is 15.0 Å². The van der Waals surface area contributed by atoms with Gasteiger partial charge in [-0.1, -0.05) is 32.0 Å². The molecule has 1 aliphatic rings. The van der Waals surface area contributed by atoms with Crippen LogP contribution in [0.1, 0.15) is 25.0 Å². The number of aryl methyl sites for hydroxylation is 2. The fraction of sp³-hybridized carbons (Fsp3) is 0.625. The predicted octanol–water partition coefficient (Wildman–Crippen LogP) is 2.24. The van der Waals surface area contributed by atoms with Crippen molar-refractivity contribution in [3.63, 3.8) is 0 Å². The van der Waals surface area contributed by atoms with Gasteiger partial charge in [0.1, 0.15) is 0 Å². The zero-order valence-electron chi connectivity index (χ0n) is 12.4. The molecule has 1 aromatic carbocycles. The number of benzene rings is 1. The van der Waals surface area contributed by atoms with E-state index in [0.29, 0.717) is 6.04 Å². The molecule has 1 fully saturated rings. The predicted molar refractivity (Wildman–Crippen MR) is 81.1 cm³/mol. The van der Waals surface area contributed by atoms with Crippen LogP contribution in [0.4, 0.5) is 5.69 Å². The van der Waals surface area contributed by atoms with Gasteiger partial charge in [0.05, 0.1) is 19.3 Å². The largest absolute Gasteiger partial charge is 0.377 e. The number of morpholine rings is 1. The topological polar surface area (TPSA) is 24.5 Å². The third kappa shape index (κ3) is 3.10. The van der Waals surface area contributed by atoms with Crippen molar-refractivity contribution >= 4 is 5.69 Å². The molecule has 1 aromatic rings. The smallest absolute Gasteiger partial charge is 0.0683 e. The molecule has 0 bridgehead atoms. The standard InChI is InChI=1S/C16H26N2O/c1-4-13-7-6-8-14(5-2)16(13)18-9-10-19-12-15(18)11-17-3/h6-8,15,17H,4-5,9-12H2,1-3H3. The third-order valence-corrected chi connectivity index (χ3v) is 3.92. The number of anilines is 1. The van der Waals surface area contributed by atoms with E-state index in [1.165, 1.54) is 16.8 Å². The lowest BCUT2D eigenvalue weighted by Crippen LogP contribution is -2.50. The fourth-order valence-corrected chi connectivity index (χ4v) is 2.94. The van der Waals surface area contributed by atoms with Crippen molar-refractivity contribution in [2.24, 2.45) is 0 Å². The van der Waals surface area contributed by atoms with E-state index in [1.807, 2.05) is 7.05 Å². The molecule has 0 aromatic heterocycles. The zero-order valence-corrected chi connectivity index (χ0v) is 12.4. The van der Waals surface area contributed by atoms with Crippen LogP contribution in [0.3, 0.4) is 0 Å². The summed E-state index contributed by atoms with van der Waals surface area (Å²) in [5, 5.41) is 3.29. The first-order valence-electron chi connectivity index (χ1n) is 7.41. The molecule has 1 heterocycles. The van der Waals surface area contributed by atoms with E-state index in [1.54, 1.807) is 0 Å². The summed E-state index contributed by atoms with van der Waals surface area (Å²) in [5.74, 6) is 0. The molecule has 0 amide bonds. The molecule has 1 atom stereocenters. The third-order valence-electron chi connectivity index (χ3n) is 3.92. The minimum atomic E-state index is 0.441. The lowest BCUT2D eigenvalue weighted by atomic mass is 10.00. The Morgan fingerprint density at radius 3 is 2.53 bits per heavy atom. The van der Waals surface area contributed by atoms with Crippen molar-refractivity contribution < 1.29 is 4.74 Å². The molecule has 0 spiro atoms. The fourth-order valence-electron chi connectivity index (χ4n) is 2.94. The summed E-state index contributed by atoms with van der Waals surface area (Å²) in [5.41, 5.74) is 4.38. The lowest BCUT2D eigenvalue weighted by Gasteiger charge is -2.39. The maximum atomic E-state index is 5.65. The molecule has 106 valence electrons. The molecular formula is C16H26N2O. The quantitative estimate of drug-likeness (QED) is 0.881. The molecule has 0 saturated carbocycles. The van der Waals surface area contributed by atoms with Crippen molar-refractivity contribution in [1.29, 1.82) is 0 Å². The zero-order chi connectivity index (χ0) is 13.7. The molecule has 3 heteroatoms. The van der Waals surface area contributed by atoms with Gasteiger partial charge in [-0.15, -0.1) is 0 Å².